The highest BCUT2D eigenvalue weighted by Crippen LogP contribution is 2.09. The number of carbonyl (C=O) groups is 1. The van der Waals surface area contributed by atoms with Crippen molar-refractivity contribution in [3.8, 4) is 0 Å². The summed E-state index contributed by atoms with van der Waals surface area (Å²) < 4.78 is 0. The van der Waals surface area contributed by atoms with Crippen LogP contribution in [0.1, 0.15) is 39.0 Å². The fourth-order valence-electron chi connectivity index (χ4n) is 2.17. The van der Waals surface area contributed by atoms with Crippen LogP contribution in [-0.4, -0.2) is 48.5 Å². The molecular formula is C13H26N2OS. The fourth-order valence-corrected chi connectivity index (χ4v) is 2.66. The van der Waals surface area contributed by atoms with E-state index < -0.39 is 0 Å². The van der Waals surface area contributed by atoms with Crippen LogP contribution in [0.3, 0.4) is 0 Å². The van der Waals surface area contributed by atoms with Crippen molar-refractivity contribution in [2.24, 2.45) is 0 Å². The smallest absolute Gasteiger partial charge is 0.239 e. The zero-order valence-corrected chi connectivity index (χ0v) is 12.0. The van der Waals surface area contributed by atoms with Gasteiger partial charge >= 0.3 is 0 Å². The third-order valence-corrected chi connectivity index (χ3v) is 3.96. The van der Waals surface area contributed by atoms with Crippen molar-refractivity contribution >= 4 is 17.7 Å². The van der Waals surface area contributed by atoms with E-state index in [9.17, 15) is 4.79 Å². The molecule has 0 aromatic carbocycles. The third kappa shape index (κ3) is 5.77. The first-order chi connectivity index (χ1) is 8.25. The van der Waals surface area contributed by atoms with Gasteiger partial charge in [0.1, 0.15) is 0 Å². The number of nitrogens with zero attached hydrogens (tertiary/aromatic N) is 1. The number of likely N-dealkylation sites (tertiary alicyclic amines) is 1. The molecule has 1 fully saturated rings. The maximum Gasteiger partial charge on any atom is 0.239 e. The van der Waals surface area contributed by atoms with E-state index in [1.165, 1.54) is 37.9 Å². The maximum absolute atomic E-state index is 12.0. The first-order valence-electron chi connectivity index (χ1n) is 6.77. The Hall–Kier alpha value is -0.220. The standard InChI is InChI=1S/C13H26N2OS/c1-12(13(16)15-9-5-6-10-15)14-8-4-3-7-11-17-2/h12,14H,3-11H2,1-2H3. The van der Waals surface area contributed by atoms with Crippen LogP contribution in [0, 0.1) is 0 Å². The van der Waals surface area contributed by atoms with E-state index in [4.69, 9.17) is 0 Å². The third-order valence-electron chi connectivity index (χ3n) is 3.26. The van der Waals surface area contributed by atoms with Crippen molar-refractivity contribution in [2.45, 2.75) is 45.1 Å². The summed E-state index contributed by atoms with van der Waals surface area (Å²) >= 11 is 1.91. The van der Waals surface area contributed by atoms with Gasteiger partial charge in [0, 0.05) is 13.1 Å². The van der Waals surface area contributed by atoms with Crippen LogP contribution in [0.5, 0.6) is 0 Å². The molecule has 1 rings (SSSR count). The molecule has 0 aromatic heterocycles. The van der Waals surface area contributed by atoms with Crippen molar-refractivity contribution in [3.05, 3.63) is 0 Å². The number of thioether (sulfide) groups is 1. The van der Waals surface area contributed by atoms with Gasteiger partial charge < -0.3 is 10.2 Å². The number of hydrogen-bond donors (Lipinski definition) is 1. The molecule has 3 nitrogen and oxygen atoms in total. The lowest BCUT2D eigenvalue weighted by Crippen LogP contribution is -2.43. The summed E-state index contributed by atoms with van der Waals surface area (Å²) in [7, 11) is 0. The summed E-state index contributed by atoms with van der Waals surface area (Å²) in [6.45, 7) is 4.87. The van der Waals surface area contributed by atoms with E-state index >= 15 is 0 Å². The Morgan fingerprint density at radius 3 is 2.65 bits per heavy atom. The van der Waals surface area contributed by atoms with Crippen LogP contribution < -0.4 is 5.32 Å². The predicted octanol–water partition coefficient (Wildman–Crippen LogP) is 2.12. The van der Waals surface area contributed by atoms with E-state index in [1.807, 2.05) is 23.6 Å². The number of amides is 1. The average molecular weight is 258 g/mol. The normalized spacial score (nSPS) is 17.4. The van der Waals surface area contributed by atoms with E-state index in [0.29, 0.717) is 0 Å². The molecular weight excluding hydrogens is 232 g/mol. The van der Waals surface area contributed by atoms with E-state index in [1.54, 1.807) is 0 Å². The molecule has 4 heteroatoms. The van der Waals surface area contributed by atoms with Crippen LogP contribution in [-0.2, 0) is 4.79 Å². The molecule has 0 saturated carbocycles. The molecule has 1 amide bonds. The molecule has 0 aromatic rings. The van der Waals surface area contributed by atoms with Gasteiger partial charge in [0.05, 0.1) is 6.04 Å². The average Bonchev–Trinajstić information content (AvgIpc) is 2.86. The lowest BCUT2D eigenvalue weighted by atomic mass is 10.2. The summed E-state index contributed by atoms with van der Waals surface area (Å²) in [6, 6.07) is -0.00588. The molecule has 1 aliphatic heterocycles. The van der Waals surface area contributed by atoms with Crippen molar-refractivity contribution in [2.75, 3.05) is 31.6 Å². The summed E-state index contributed by atoms with van der Waals surface area (Å²) in [5.74, 6) is 1.54. The summed E-state index contributed by atoms with van der Waals surface area (Å²) in [5, 5.41) is 3.34. The minimum atomic E-state index is -0.00588. The molecule has 1 N–H and O–H groups in total. The highest BCUT2D eigenvalue weighted by Gasteiger charge is 2.22. The van der Waals surface area contributed by atoms with Crippen LogP contribution in [0.2, 0.25) is 0 Å². The number of nitrogens with one attached hydrogen (secondary N) is 1. The lowest BCUT2D eigenvalue weighted by molar-refractivity contribution is -0.131. The van der Waals surface area contributed by atoms with Crippen molar-refractivity contribution in [1.82, 2.24) is 10.2 Å². The summed E-state index contributed by atoms with van der Waals surface area (Å²) in [5.41, 5.74) is 0. The molecule has 1 heterocycles. The number of rotatable bonds is 8. The van der Waals surface area contributed by atoms with Crippen LogP contribution in [0.25, 0.3) is 0 Å². The van der Waals surface area contributed by atoms with Crippen molar-refractivity contribution in [1.29, 1.82) is 0 Å². The Kier molecular flexibility index (Phi) is 7.69. The molecule has 1 unspecified atom stereocenters. The number of carbonyl (C=O) groups excluding carboxylic acids is 1. The first kappa shape index (κ1) is 14.8. The van der Waals surface area contributed by atoms with Crippen molar-refractivity contribution < 1.29 is 4.79 Å². The SMILES string of the molecule is CSCCCCCNC(C)C(=O)N1CCCC1. The fraction of sp³-hybridized carbons (Fsp3) is 0.923. The largest absolute Gasteiger partial charge is 0.341 e. The molecule has 0 aliphatic carbocycles. The van der Waals surface area contributed by atoms with Gasteiger partial charge in [0.2, 0.25) is 5.91 Å². The van der Waals surface area contributed by atoms with Gasteiger partial charge in [-0.25, -0.2) is 0 Å². The van der Waals surface area contributed by atoms with E-state index in [0.717, 1.165) is 19.6 Å². The molecule has 0 radical (unpaired) electrons. The molecule has 1 saturated heterocycles. The second kappa shape index (κ2) is 8.81. The minimum Gasteiger partial charge on any atom is -0.341 e. The number of hydrogen-bond acceptors (Lipinski definition) is 3. The minimum absolute atomic E-state index is 0.00588. The summed E-state index contributed by atoms with van der Waals surface area (Å²) in [6.07, 6.45) is 8.23. The monoisotopic (exact) mass is 258 g/mol. The van der Waals surface area contributed by atoms with Gasteiger partial charge in [-0.05, 0) is 51.2 Å². The molecule has 0 bridgehead atoms. The molecule has 17 heavy (non-hydrogen) atoms. The van der Waals surface area contributed by atoms with E-state index in [2.05, 4.69) is 11.6 Å². The zero-order chi connectivity index (χ0) is 12.5. The van der Waals surface area contributed by atoms with Crippen LogP contribution in [0.4, 0.5) is 0 Å². The second-order valence-corrected chi connectivity index (χ2v) is 5.75. The van der Waals surface area contributed by atoms with Gasteiger partial charge in [-0.15, -0.1) is 0 Å². The molecule has 100 valence electrons. The Balaban J connectivity index is 2.03. The van der Waals surface area contributed by atoms with Gasteiger partial charge in [-0.3, -0.25) is 4.79 Å². The Morgan fingerprint density at radius 1 is 1.29 bits per heavy atom. The predicted molar refractivity (Wildman–Crippen MR) is 75.5 cm³/mol. The van der Waals surface area contributed by atoms with Crippen LogP contribution >= 0.6 is 11.8 Å². The summed E-state index contributed by atoms with van der Waals surface area (Å²) in [4.78, 5) is 14.0. The van der Waals surface area contributed by atoms with E-state index in [-0.39, 0.29) is 11.9 Å². The van der Waals surface area contributed by atoms with Crippen molar-refractivity contribution in [3.63, 3.8) is 0 Å². The topological polar surface area (TPSA) is 32.3 Å². The number of unbranched alkanes of at least 4 members (excludes halogenated alkanes) is 2. The van der Waals surface area contributed by atoms with Gasteiger partial charge in [0.25, 0.3) is 0 Å². The molecule has 1 atom stereocenters. The molecule has 0 spiro atoms. The lowest BCUT2D eigenvalue weighted by Gasteiger charge is -2.21. The van der Waals surface area contributed by atoms with Gasteiger partial charge in [0.15, 0.2) is 0 Å². The zero-order valence-electron chi connectivity index (χ0n) is 11.2. The van der Waals surface area contributed by atoms with Crippen LogP contribution in [0.15, 0.2) is 0 Å². The Labute approximate surface area is 110 Å². The quantitative estimate of drug-likeness (QED) is 0.677. The first-order valence-corrected chi connectivity index (χ1v) is 8.16. The highest BCUT2D eigenvalue weighted by molar-refractivity contribution is 7.98. The van der Waals surface area contributed by atoms with Gasteiger partial charge in [-0.1, -0.05) is 6.42 Å². The Bertz CT molecular complexity index is 217. The van der Waals surface area contributed by atoms with Gasteiger partial charge in [-0.2, -0.15) is 11.8 Å². The Morgan fingerprint density at radius 2 is 2.00 bits per heavy atom. The maximum atomic E-state index is 12.0. The highest BCUT2D eigenvalue weighted by atomic mass is 32.2. The second-order valence-electron chi connectivity index (χ2n) is 4.76. The molecule has 1 aliphatic rings.